The van der Waals surface area contributed by atoms with Crippen molar-refractivity contribution in [2.24, 2.45) is 0 Å². The predicted molar refractivity (Wildman–Crippen MR) is 124 cm³/mol. The van der Waals surface area contributed by atoms with Crippen molar-refractivity contribution in [3.05, 3.63) is 0 Å². The van der Waals surface area contributed by atoms with E-state index >= 15 is 0 Å². The van der Waals surface area contributed by atoms with Crippen molar-refractivity contribution in [3.63, 3.8) is 0 Å². The molecule has 2 rings (SSSR count). The van der Waals surface area contributed by atoms with E-state index in [1.54, 1.807) is 0 Å². The lowest BCUT2D eigenvalue weighted by molar-refractivity contribution is -0.331. The maximum absolute atomic E-state index is 10.3. The number of aliphatic hydroxyl groups is 7. The molecule has 0 aromatic heterocycles. The second-order valence-corrected chi connectivity index (χ2v) is 9.60. The maximum Gasteiger partial charge on any atom is 0.186 e. The lowest BCUT2D eigenvalue weighted by Gasteiger charge is -2.42. The summed E-state index contributed by atoms with van der Waals surface area (Å²) in [6.07, 6.45) is -2.35. The maximum atomic E-state index is 10.3. The number of unbranched alkanes of at least 4 members (excludes halogenated alkanes) is 9. The van der Waals surface area contributed by atoms with Crippen LogP contribution in [0, 0.1) is 0 Å². The third-order valence-corrected chi connectivity index (χ3v) is 6.72. The van der Waals surface area contributed by atoms with E-state index in [0.29, 0.717) is 6.61 Å². The molecule has 0 spiro atoms. The number of aliphatic hydroxyl groups excluding tert-OH is 7. The zero-order valence-electron chi connectivity index (χ0n) is 20.7. The topological polar surface area (TPSA) is 179 Å². The van der Waals surface area contributed by atoms with Crippen LogP contribution in [0.4, 0.5) is 0 Å². The summed E-state index contributed by atoms with van der Waals surface area (Å²) in [5, 5.41) is 69.7. The van der Waals surface area contributed by atoms with Crippen LogP contribution in [0.3, 0.4) is 0 Å². The van der Waals surface area contributed by atoms with Crippen molar-refractivity contribution in [1.29, 1.82) is 0 Å². The molecule has 2 aliphatic heterocycles. The molecule has 0 bridgehead atoms. The first kappa shape index (κ1) is 30.8. The molecule has 2 fully saturated rings. The van der Waals surface area contributed by atoms with Crippen molar-refractivity contribution in [3.8, 4) is 0 Å². The lowest BCUT2D eigenvalue weighted by atomic mass is 9.98. The Morgan fingerprint density at radius 3 is 1.54 bits per heavy atom. The molecule has 2 heterocycles. The predicted octanol–water partition coefficient (Wildman–Crippen LogP) is -0.452. The van der Waals surface area contributed by atoms with E-state index in [2.05, 4.69) is 6.92 Å². The van der Waals surface area contributed by atoms with Gasteiger partial charge in [0.15, 0.2) is 12.6 Å². The van der Waals surface area contributed by atoms with Gasteiger partial charge >= 0.3 is 0 Å². The summed E-state index contributed by atoms with van der Waals surface area (Å²) in [5.74, 6) is 0. The number of ether oxygens (including phenoxy) is 4. The zero-order valence-corrected chi connectivity index (χ0v) is 20.7. The van der Waals surface area contributed by atoms with E-state index < -0.39 is 68.0 Å². The van der Waals surface area contributed by atoms with Crippen LogP contribution in [-0.2, 0) is 18.9 Å². The number of hydrogen-bond acceptors (Lipinski definition) is 11. The van der Waals surface area contributed by atoms with Crippen LogP contribution in [0.15, 0.2) is 0 Å². The highest BCUT2D eigenvalue weighted by atomic mass is 16.7. The van der Waals surface area contributed by atoms with Crippen molar-refractivity contribution in [1.82, 2.24) is 0 Å². The summed E-state index contributed by atoms with van der Waals surface area (Å²) in [5.41, 5.74) is 0. The Labute approximate surface area is 207 Å². The van der Waals surface area contributed by atoms with Gasteiger partial charge in [0.2, 0.25) is 0 Å². The molecule has 0 saturated carbocycles. The third kappa shape index (κ3) is 9.42. The summed E-state index contributed by atoms with van der Waals surface area (Å²) < 4.78 is 21.9. The number of rotatable bonds is 16. The van der Waals surface area contributed by atoms with Gasteiger partial charge in [-0.2, -0.15) is 0 Å². The molecular weight excluding hydrogens is 464 g/mol. The molecule has 0 unspecified atom stereocenters. The fourth-order valence-electron chi connectivity index (χ4n) is 4.38. The number of hydrogen-bond donors (Lipinski definition) is 7. The van der Waals surface area contributed by atoms with Crippen molar-refractivity contribution in [2.45, 2.75) is 133 Å². The average molecular weight is 511 g/mol. The van der Waals surface area contributed by atoms with E-state index in [9.17, 15) is 35.7 Å². The van der Waals surface area contributed by atoms with Gasteiger partial charge < -0.3 is 54.7 Å². The molecule has 2 aliphatic rings. The lowest BCUT2D eigenvalue weighted by Crippen LogP contribution is -2.61. The molecule has 7 N–H and O–H groups in total. The van der Waals surface area contributed by atoms with Gasteiger partial charge in [-0.05, 0) is 6.42 Å². The van der Waals surface area contributed by atoms with Gasteiger partial charge in [0.25, 0.3) is 0 Å². The molecule has 35 heavy (non-hydrogen) atoms. The summed E-state index contributed by atoms with van der Waals surface area (Å²) in [6, 6.07) is 0. The van der Waals surface area contributed by atoms with Crippen LogP contribution in [0.1, 0.15) is 71.1 Å². The van der Waals surface area contributed by atoms with Crippen molar-refractivity contribution in [2.75, 3.05) is 19.8 Å². The summed E-state index contributed by atoms with van der Waals surface area (Å²) in [4.78, 5) is 0. The van der Waals surface area contributed by atoms with E-state index in [1.165, 1.54) is 44.9 Å². The molecule has 0 amide bonds. The standard InChI is InChI=1S/C24H46O11/c1-2-3-4-5-6-7-8-9-10-11-12-32-23-21(30)20(29)18(27)16(35-23)14-33-24-22(31)19(28)17(26)15(13-25)34-24/h15-31H,2-14H2,1H3/t15-,16-,17-,18-,19+,20+,21-,22-,23-,24-/m1/s1. The Kier molecular flexibility index (Phi) is 14.4. The summed E-state index contributed by atoms with van der Waals surface area (Å²) >= 11 is 0. The van der Waals surface area contributed by atoms with Gasteiger partial charge in [0, 0.05) is 6.61 Å². The molecule has 0 aromatic rings. The fourth-order valence-corrected chi connectivity index (χ4v) is 4.38. The fraction of sp³-hybridized carbons (Fsp3) is 1.00. The Bertz CT molecular complexity index is 552. The first-order valence-electron chi connectivity index (χ1n) is 13.0. The quantitative estimate of drug-likeness (QED) is 0.134. The van der Waals surface area contributed by atoms with Crippen molar-refractivity contribution < 1.29 is 54.7 Å². The van der Waals surface area contributed by atoms with E-state index in [-0.39, 0.29) is 6.61 Å². The highest BCUT2D eigenvalue weighted by Gasteiger charge is 2.47. The molecule has 11 nitrogen and oxygen atoms in total. The van der Waals surface area contributed by atoms with Crippen LogP contribution >= 0.6 is 0 Å². The van der Waals surface area contributed by atoms with Gasteiger partial charge in [-0.3, -0.25) is 0 Å². The molecule has 0 aliphatic carbocycles. The second-order valence-electron chi connectivity index (χ2n) is 9.60. The van der Waals surface area contributed by atoms with Gasteiger partial charge in [0.1, 0.15) is 48.8 Å². The van der Waals surface area contributed by atoms with Gasteiger partial charge in [-0.1, -0.05) is 64.7 Å². The van der Waals surface area contributed by atoms with E-state index in [4.69, 9.17) is 18.9 Å². The molecule has 11 heteroatoms. The van der Waals surface area contributed by atoms with Crippen LogP contribution in [-0.4, -0.2) is 117 Å². The molecule has 208 valence electrons. The van der Waals surface area contributed by atoms with Crippen LogP contribution in [0.2, 0.25) is 0 Å². The highest BCUT2D eigenvalue weighted by Crippen LogP contribution is 2.26. The Morgan fingerprint density at radius 2 is 1.00 bits per heavy atom. The largest absolute Gasteiger partial charge is 0.394 e. The minimum atomic E-state index is -1.60. The van der Waals surface area contributed by atoms with E-state index in [0.717, 1.165) is 19.3 Å². The zero-order chi connectivity index (χ0) is 25.8. The minimum absolute atomic E-state index is 0.321. The Morgan fingerprint density at radius 1 is 0.543 bits per heavy atom. The van der Waals surface area contributed by atoms with Gasteiger partial charge in [0.05, 0.1) is 13.2 Å². The second kappa shape index (κ2) is 16.4. The summed E-state index contributed by atoms with van der Waals surface area (Å²) in [7, 11) is 0. The molecule has 10 atom stereocenters. The SMILES string of the molecule is CCCCCCCCCCCCO[C@@H]1O[C@H](CO[C@@H]2O[C@H](CO)[C@@H](O)[C@H](O)[C@H]2O)[C@@H](O)[C@H](O)[C@H]1O. The smallest absolute Gasteiger partial charge is 0.186 e. The Balaban J connectivity index is 1.70. The Hall–Kier alpha value is -0.440. The first-order valence-corrected chi connectivity index (χ1v) is 13.0. The summed E-state index contributed by atoms with van der Waals surface area (Å²) in [6.45, 7) is 1.56. The van der Waals surface area contributed by atoms with Crippen LogP contribution in [0.5, 0.6) is 0 Å². The van der Waals surface area contributed by atoms with Crippen LogP contribution < -0.4 is 0 Å². The average Bonchev–Trinajstić information content (AvgIpc) is 2.86. The molecule has 2 saturated heterocycles. The minimum Gasteiger partial charge on any atom is -0.394 e. The van der Waals surface area contributed by atoms with Crippen molar-refractivity contribution >= 4 is 0 Å². The first-order chi connectivity index (χ1) is 16.8. The van der Waals surface area contributed by atoms with Gasteiger partial charge in [-0.25, -0.2) is 0 Å². The van der Waals surface area contributed by atoms with Gasteiger partial charge in [-0.15, -0.1) is 0 Å². The van der Waals surface area contributed by atoms with Crippen LogP contribution in [0.25, 0.3) is 0 Å². The molecule has 0 aromatic carbocycles. The highest BCUT2D eigenvalue weighted by molar-refractivity contribution is 4.91. The normalized spacial score (nSPS) is 38.1. The third-order valence-electron chi connectivity index (χ3n) is 6.72. The monoisotopic (exact) mass is 510 g/mol. The van der Waals surface area contributed by atoms with E-state index in [1.807, 2.05) is 0 Å². The molecule has 0 radical (unpaired) electrons. The molecular formula is C24H46O11.